The molecule has 0 amide bonds. The van der Waals surface area contributed by atoms with Gasteiger partial charge in [0.2, 0.25) is 0 Å². The van der Waals surface area contributed by atoms with Gasteiger partial charge in [0.1, 0.15) is 11.5 Å². The van der Waals surface area contributed by atoms with E-state index >= 15 is 0 Å². The fourth-order valence-electron chi connectivity index (χ4n) is 1.77. The summed E-state index contributed by atoms with van der Waals surface area (Å²) in [5.74, 6) is -0.391. The summed E-state index contributed by atoms with van der Waals surface area (Å²) in [4.78, 5) is 0. The van der Waals surface area contributed by atoms with Gasteiger partial charge in [0.25, 0.3) is 5.76 Å². The fourth-order valence-corrected chi connectivity index (χ4v) is 2.22. The van der Waals surface area contributed by atoms with Crippen molar-refractivity contribution in [2.75, 3.05) is 13.2 Å². The number of nitrogens with one attached hydrogen (secondary N) is 1. The van der Waals surface area contributed by atoms with Gasteiger partial charge >= 0.3 is 0 Å². The molecule has 110 valence electrons. The molecule has 0 spiro atoms. The van der Waals surface area contributed by atoms with Gasteiger partial charge in [-0.3, -0.25) is 0 Å². The second-order valence-electron chi connectivity index (χ2n) is 4.36. The van der Waals surface area contributed by atoms with E-state index in [-0.39, 0.29) is 12.4 Å². The van der Waals surface area contributed by atoms with Crippen LogP contribution in [0.4, 0.5) is 8.78 Å². The van der Waals surface area contributed by atoms with Gasteiger partial charge in [0.05, 0.1) is 12.3 Å². The van der Waals surface area contributed by atoms with Gasteiger partial charge in [0.15, 0.2) is 0 Å². The van der Waals surface area contributed by atoms with E-state index in [0.29, 0.717) is 30.0 Å². The van der Waals surface area contributed by atoms with E-state index in [2.05, 4.69) is 12.2 Å². The molecule has 3 nitrogen and oxygen atoms in total. The number of aliphatic hydroxyl groups is 1. The first-order valence-electron chi connectivity index (χ1n) is 6.44. The average molecular weight is 293 g/mol. The zero-order valence-corrected chi connectivity index (χ0v) is 11.9. The molecule has 0 aliphatic heterocycles. The molecule has 0 bridgehead atoms. The van der Waals surface area contributed by atoms with Crippen molar-refractivity contribution < 1.29 is 18.3 Å². The maximum Gasteiger partial charge on any atom is 0.284 e. The Morgan fingerprint density at radius 2 is 2.11 bits per heavy atom. The summed E-state index contributed by atoms with van der Waals surface area (Å²) in [5.41, 5.74) is 0. The third-order valence-electron chi connectivity index (χ3n) is 2.92. The summed E-state index contributed by atoms with van der Waals surface area (Å²) in [6.07, 6.45) is 1.81. The molecule has 6 heteroatoms. The third kappa shape index (κ3) is 6.94. The molecule has 1 aromatic heterocycles. The molecule has 0 saturated carbocycles. The van der Waals surface area contributed by atoms with Crippen LogP contribution < -0.4 is 5.32 Å². The van der Waals surface area contributed by atoms with E-state index < -0.39 is 5.76 Å². The van der Waals surface area contributed by atoms with Crippen LogP contribution in [-0.2, 0) is 12.3 Å². The van der Waals surface area contributed by atoms with E-state index in [1.165, 1.54) is 0 Å². The molecular formula is C13H21F2NO2S. The maximum absolute atomic E-state index is 12.0. The van der Waals surface area contributed by atoms with Gasteiger partial charge in [0, 0.05) is 6.61 Å². The van der Waals surface area contributed by atoms with Crippen LogP contribution in [0, 0.1) is 5.92 Å². The lowest BCUT2D eigenvalue weighted by atomic mass is 10.0. The van der Waals surface area contributed by atoms with Crippen LogP contribution >= 0.6 is 11.8 Å². The highest BCUT2D eigenvalue weighted by Gasteiger charge is 2.08. The second kappa shape index (κ2) is 9.34. The number of hydrogen-bond acceptors (Lipinski definition) is 4. The minimum Gasteiger partial charge on any atom is -0.464 e. The largest absolute Gasteiger partial charge is 0.464 e. The van der Waals surface area contributed by atoms with Crippen LogP contribution in [0.3, 0.4) is 0 Å². The summed E-state index contributed by atoms with van der Waals surface area (Å²) in [7, 11) is 0. The van der Waals surface area contributed by atoms with Gasteiger partial charge in [-0.2, -0.15) is 8.78 Å². The first-order valence-corrected chi connectivity index (χ1v) is 7.49. The zero-order valence-electron chi connectivity index (χ0n) is 11.1. The van der Waals surface area contributed by atoms with E-state index in [1.807, 2.05) is 0 Å². The molecule has 2 N–H and O–H groups in total. The zero-order chi connectivity index (χ0) is 14.1. The number of halogens is 2. The van der Waals surface area contributed by atoms with E-state index in [4.69, 9.17) is 9.52 Å². The Morgan fingerprint density at radius 3 is 2.74 bits per heavy atom. The van der Waals surface area contributed by atoms with Gasteiger partial charge in [-0.25, -0.2) is 0 Å². The molecule has 0 fully saturated rings. The van der Waals surface area contributed by atoms with Crippen LogP contribution in [0.5, 0.6) is 0 Å². The molecule has 0 saturated heterocycles. The molecule has 0 aliphatic rings. The van der Waals surface area contributed by atoms with Gasteiger partial charge in [-0.05, 0) is 31.0 Å². The lowest BCUT2D eigenvalue weighted by Gasteiger charge is -2.13. The van der Waals surface area contributed by atoms with Gasteiger partial charge in [-0.1, -0.05) is 25.1 Å². The molecule has 1 atom stereocenters. The quantitative estimate of drug-likeness (QED) is 0.695. The molecular weight excluding hydrogens is 272 g/mol. The number of furan rings is 1. The highest BCUT2D eigenvalue weighted by atomic mass is 32.2. The number of hydrogen-bond donors (Lipinski definition) is 2. The SMILES string of the molecule is CCC(CCO)CNCc1ccc(CSC(F)F)o1. The van der Waals surface area contributed by atoms with Crippen molar-refractivity contribution in [2.45, 2.75) is 37.8 Å². The molecule has 1 heterocycles. The molecule has 0 radical (unpaired) electrons. The summed E-state index contributed by atoms with van der Waals surface area (Å²) >= 11 is 0.561. The third-order valence-corrected chi connectivity index (χ3v) is 3.62. The van der Waals surface area contributed by atoms with Crippen molar-refractivity contribution in [3.8, 4) is 0 Å². The summed E-state index contributed by atoms with van der Waals surface area (Å²) in [5, 5.41) is 12.1. The predicted molar refractivity (Wildman–Crippen MR) is 73.2 cm³/mol. The van der Waals surface area contributed by atoms with Crippen molar-refractivity contribution in [3.63, 3.8) is 0 Å². The topological polar surface area (TPSA) is 45.4 Å². The molecule has 0 aliphatic carbocycles. The maximum atomic E-state index is 12.0. The standard InChI is InChI=1S/C13H21F2NO2S/c1-2-10(5-6-17)7-16-8-11-3-4-12(18-11)9-19-13(14)15/h3-4,10,13,16-17H,2,5-9H2,1H3. The van der Waals surface area contributed by atoms with Crippen molar-refractivity contribution in [2.24, 2.45) is 5.92 Å². The Balaban J connectivity index is 2.25. The lowest BCUT2D eigenvalue weighted by molar-refractivity contribution is 0.250. The van der Waals surface area contributed by atoms with Crippen LogP contribution in [-0.4, -0.2) is 24.0 Å². The Hall–Kier alpha value is -0.590. The Labute approximate surface area is 116 Å². The van der Waals surface area contributed by atoms with Gasteiger partial charge in [-0.15, -0.1) is 0 Å². The summed E-state index contributed by atoms with van der Waals surface area (Å²) in [6, 6.07) is 3.54. The molecule has 19 heavy (non-hydrogen) atoms. The molecule has 1 aromatic rings. The first-order chi connectivity index (χ1) is 9.15. The summed E-state index contributed by atoms with van der Waals surface area (Å²) in [6.45, 7) is 3.70. The van der Waals surface area contributed by atoms with E-state index in [9.17, 15) is 8.78 Å². The number of thioether (sulfide) groups is 1. The van der Waals surface area contributed by atoms with Crippen LogP contribution in [0.2, 0.25) is 0 Å². The Morgan fingerprint density at radius 1 is 1.37 bits per heavy atom. The number of alkyl halides is 2. The first kappa shape index (κ1) is 16.5. The smallest absolute Gasteiger partial charge is 0.284 e. The Kier molecular flexibility index (Phi) is 8.09. The molecule has 1 unspecified atom stereocenters. The number of aliphatic hydroxyl groups excluding tert-OH is 1. The minimum absolute atomic E-state index is 0.194. The lowest BCUT2D eigenvalue weighted by Crippen LogP contribution is -2.22. The normalized spacial score (nSPS) is 13.1. The van der Waals surface area contributed by atoms with E-state index in [0.717, 1.165) is 25.1 Å². The van der Waals surface area contributed by atoms with Crippen molar-refractivity contribution >= 4 is 11.8 Å². The fraction of sp³-hybridized carbons (Fsp3) is 0.692. The second-order valence-corrected chi connectivity index (χ2v) is 5.34. The van der Waals surface area contributed by atoms with Crippen LogP contribution in [0.15, 0.2) is 16.5 Å². The van der Waals surface area contributed by atoms with Crippen LogP contribution in [0.25, 0.3) is 0 Å². The van der Waals surface area contributed by atoms with Crippen LogP contribution in [0.1, 0.15) is 31.3 Å². The predicted octanol–water partition coefficient (Wildman–Crippen LogP) is 3.23. The van der Waals surface area contributed by atoms with Crippen molar-refractivity contribution in [1.29, 1.82) is 0 Å². The van der Waals surface area contributed by atoms with E-state index in [1.54, 1.807) is 12.1 Å². The Bertz CT molecular complexity index is 347. The highest BCUT2D eigenvalue weighted by molar-refractivity contribution is 7.98. The average Bonchev–Trinajstić information content (AvgIpc) is 2.83. The molecule has 1 rings (SSSR count). The minimum atomic E-state index is -2.37. The van der Waals surface area contributed by atoms with Crippen molar-refractivity contribution in [3.05, 3.63) is 23.7 Å². The number of rotatable bonds is 10. The monoisotopic (exact) mass is 293 g/mol. The van der Waals surface area contributed by atoms with Crippen molar-refractivity contribution in [1.82, 2.24) is 5.32 Å². The summed E-state index contributed by atoms with van der Waals surface area (Å²) < 4.78 is 29.5. The highest BCUT2D eigenvalue weighted by Crippen LogP contribution is 2.21. The van der Waals surface area contributed by atoms with Gasteiger partial charge < -0.3 is 14.8 Å². The molecule has 0 aromatic carbocycles.